The van der Waals surface area contributed by atoms with Crippen LogP contribution in [0.25, 0.3) is 0 Å². The molecule has 0 aliphatic carbocycles. The van der Waals surface area contributed by atoms with Gasteiger partial charge in [-0.3, -0.25) is 9.59 Å². The zero-order valence-corrected chi connectivity index (χ0v) is 10.7. The van der Waals surface area contributed by atoms with E-state index in [0.29, 0.717) is 26.2 Å². The number of nitrogens with one attached hydrogen (secondary N) is 1. The zero-order chi connectivity index (χ0) is 13.5. The van der Waals surface area contributed by atoms with Crippen molar-refractivity contribution in [3.63, 3.8) is 0 Å². The summed E-state index contributed by atoms with van der Waals surface area (Å²) in [5.41, 5.74) is 4.89. The first-order valence-corrected chi connectivity index (χ1v) is 6.10. The third-order valence-electron chi connectivity index (χ3n) is 3.79. The topological polar surface area (TPSA) is 98.9 Å². The van der Waals surface area contributed by atoms with E-state index in [-0.39, 0.29) is 11.8 Å². The molecule has 1 spiro atoms. The van der Waals surface area contributed by atoms with E-state index in [0.717, 1.165) is 0 Å². The summed E-state index contributed by atoms with van der Waals surface area (Å²) in [5.74, 6) is -0.492. The Labute approximate surface area is 106 Å². The monoisotopic (exact) mass is 256 g/mol. The zero-order valence-electron chi connectivity index (χ0n) is 10.7. The molecule has 0 saturated carbocycles. The highest BCUT2D eigenvalue weighted by atomic mass is 16.3. The lowest BCUT2D eigenvalue weighted by Gasteiger charge is -2.54. The molecule has 0 aromatic carbocycles. The highest BCUT2D eigenvalue weighted by Crippen LogP contribution is 2.27. The molecule has 2 saturated heterocycles. The van der Waals surface area contributed by atoms with Crippen molar-refractivity contribution in [1.29, 1.82) is 0 Å². The summed E-state index contributed by atoms with van der Waals surface area (Å²) in [6, 6.07) is -0.973. The number of hydrogen-bond donors (Lipinski definition) is 3. The third kappa shape index (κ3) is 1.88. The number of rotatable bonds is 2. The largest absolute Gasteiger partial charge is 0.391 e. The minimum absolute atomic E-state index is 0.139. The van der Waals surface area contributed by atoms with Crippen LogP contribution in [0, 0.1) is 0 Å². The molecule has 2 heterocycles. The second-order valence-corrected chi connectivity index (χ2v) is 5.21. The number of likely N-dealkylation sites (N-methyl/N-ethyl adjacent to an activating group) is 1. The SMILES string of the molecule is CC(O)[C@H](N)C(=O)N1CCN(C)CC12CNC2=O. The van der Waals surface area contributed by atoms with Gasteiger partial charge in [-0.1, -0.05) is 0 Å². The van der Waals surface area contributed by atoms with Crippen LogP contribution in [0.2, 0.25) is 0 Å². The highest BCUT2D eigenvalue weighted by molar-refractivity contribution is 5.98. The molecular weight excluding hydrogens is 236 g/mol. The van der Waals surface area contributed by atoms with Crippen molar-refractivity contribution in [3.05, 3.63) is 0 Å². The van der Waals surface area contributed by atoms with Crippen LogP contribution in [0.3, 0.4) is 0 Å². The predicted octanol–water partition coefficient (Wildman–Crippen LogP) is -2.66. The summed E-state index contributed by atoms with van der Waals surface area (Å²) in [6.07, 6.45) is -0.919. The van der Waals surface area contributed by atoms with Crippen molar-refractivity contribution < 1.29 is 14.7 Å². The molecule has 7 heteroatoms. The van der Waals surface area contributed by atoms with Gasteiger partial charge in [-0.05, 0) is 14.0 Å². The van der Waals surface area contributed by atoms with Gasteiger partial charge < -0.3 is 26.0 Å². The smallest absolute Gasteiger partial charge is 0.249 e. The minimum Gasteiger partial charge on any atom is -0.391 e. The number of aliphatic hydroxyl groups is 1. The van der Waals surface area contributed by atoms with E-state index in [1.807, 2.05) is 11.9 Å². The highest BCUT2D eigenvalue weighted by Gasteiger charge is 2.55. The van der Waals surface area contributed by atoms with Gasteiger partial charge in [0.15, 0.2) is 5.54 Å². The van der Waals surface area contributed by atoms with Gasteiger partial charge in [-0.2, -0.15) is 0 Å². The van der Waals surface area contributed by atoms with Crippen LogP contribution in [-0.2, 0) is 9.59 Å². The van der Waals surface area contributed by atoms with Crippen molar-refractivity contribution in [2.75, 3.05) is 33.2 Å². The van der Waals surface area contributed by atoms with Crippen LogP contribution < -0.4 is 11.1 Å². The molecule has 7 nitrogen and oxygen atoms in total. The minimum atomic E-state index is -0.973. The summed E-state index contributed by atoms with van der Waals surface area (Å²) in [7, 11) is 1.92. The van der Waals surface area contributed by atoms with Crippen molar-refractivity contribution in [3.8, 4) is 0 Å². The summed E-state index contributed by atoms with van der Waals surface area (Å²) in [4.78, 5) is 27.6. The van der Waals surface area contributed by atoms with Crippen molar-refractivity contribution in [1.82, 2.24) is 15.1 Å². The molecule has 2 amide bonds. The van der Waals surface area contributed by atoms with Gasteiger partial charge in [0.25, 0.3) is 0 Å². The van der Waals surface area contributed by atoms with E-state index in [2.05, 4.69) is 5.32 Å². The Morgan fingerprint density at radius 3 is 2.67 bits per heavy atom. The number of nitrogens with two attached hydrogens (primary N) is 1. The fourth-order valence-electron chi connectivity index (χ4n) is 2.51. The average molecular weight is 256 g/mol. The maximum atomic E-state index is 12.2. The fourth-order valence-corrected chi connectivity index (χ4v) is 2.51. The first-order valence-electron chi connectivity index (χ1n) is 6.10. The van der Waals surface area contributed by atoms with E-state index in [1.165, 1.54) is 11.8 Å². The number of nitrogens with zero attached hydrogens (tertiary/aromatic N) is 2. The van der Waals surface area contributed by atoms with Gasteiger partial charge in [-0.25, -0.2) is 0 Å². The Kier molecular flexibility index (Phi) is 3.31. The summed E-state index contributed by atoms with van der Waals surface area (Å²) >= 11 is 0. The standard InChI is InChI=1S/C11H20N4O3/c1-7(16)8(12)9(17)15-4-3-14(2)6-11(15)5-13-10(11)18/h7-8,16H,3-6,12H2,1-2H3,(H,13,18)/t7?,8-,11?/m0/s1. The van der Waals surface area contributed by atoms with Crippen molar-refractivity contribution in [2.45, 2.75) is 24.6 Å². The molecule has 2 unspecified atom stereocenters. The third-order valence-corrected chi connectivity index (χ3v) is 3.79. The van der Waals surface area contributed by atoms with E-state index >= 15 is 0 Å². The van der Waals surface area contributed by atoms with E-state index in [1.54, 1.807) is 0 Å². The van der Waals surface area contributed by atoms with Gasteiger partial charge in [0.05, 0.1) is 12.6 Å². The van der Waals surface area contributed by atoms with Crippen molar-refractivity contribution in [2.24, 2.45) is 5.73 Å². The summed E-state index contributed by atoms with van der Waals surface area (Å²) in [5, 5.41) is 12.1. The van der Waals surface area contributed by atoms with Gasteiger partial charge in [0, 0.05) is 19.6 Å². The number of aliphatic hydroxyl groups excluding tert-OH is 1. The Bertz CT molecular complexity index is 373. The molecular formula is C11H20N4O3. The lowest BCUT2D eigenvalue weighted by atomic mass is 9.85. The Balaban J connectivity index is 2.20. The second kappa shape index (κ2) is 4.49. The van der Waals surface area contributed by atoms with Crippen LogP contribution in [-0.4, -0.2) is 77.6 Å². The molecule has 4 N–H and O–H groups in total. The summed E-state index contributed by atoms with van der Waals surface area (Å²) in [6.45, 7) is 3.61. The van der Waals surface area contributed by atoms with Crippen LogP contribution in [0.15, 0.2) is 0 Å². The molecule has 2 fully saturated rings. The van der Waals surface area contributed by atoms with Crippen LogP contribution in [0.1, 0.15) is 6.92 Å². The van der Waals surface area contributed by atoms with Crippen molar-refractivity contribution >= 4 is 11.8 Å². The average Bonchev–Trinajstić information content (AvgIpc) is 2.34. The van der Waals surface area contributed by atoms with Gasteiger partial charge >= 0.3 is 0 Å². The molecule has 102 valence electrons. The molecule has 18 heavy (non-hydrogen) atoms. The summed E-state index contributed by atoms with van der Waals surface area (Å²) < 4.78 is 0. The molecule has 2 aliphatic rings. The number of amides is 2. The number of β-lactam (4-membered cyclic amide) rings is 1. The number of carbonyl (C=O) groups excluding carboxylic acids is 2. The number of piperazine rings is 1. The molecule has 0 radical (unpaired) electrons. The predicted molar refractivity (Wildman–Crippen MR) is 64.6 cm³/mol. The van der Waals surface area contributed by atoms with E-state index < -0.39 is 17.7 Å². The molecule has 3 atom stereocenters. The lowest BCUT2D eigenvalue weighted by Crippen LogP contribution is -2.81. The lowest BCUT2D eigenvalue weighted by molar-refractivity contribution is -0.163. The Hall–Kier alpha value is -1.18. The van der Waals surface area contributed by atoms with Gasteiger partial charge in [0.2, 0.25) is 11.8 Å². The number of carbonyl (C=O) groups is 2. The molecule has 0 aromatic heterocycles. The second-order valence-electron chi connectivity index (χ2n) is 5.21. The molecule has 0 bridgehead atoms. The quantitative estimate of drug-likeness (QED) is 0.468. The van der Waals surface area contributed by atoms with Gasteiger partial charge in [0.1, 0.15) is 6.04 Å². The molecule has 0 aromatic rings. The maximum Gasteiger partial charge on any atom is 0.249 e. The van der Waals surface area contributed by atoms with Gasteiger partial charge in [-0.15, -0.1) is 0 Å². The van der Waals surface area contributed by atoms with E-state index in [4.69, 9.17) is 5.73 Å². The normalized spacial score (nSPS) is 31.8. The van der Waals surface area contributed by atoms with E-state index in [9.17, 15) is 14.7 Å². The molecule has 2 rings (SSSR count). The Morgan fingerprint density at radius 1 is 1.56 bits per heavy atom. The maximum absolute atomic E-state index is 12.2. The number of hydrogen-bond acceptors (Lipinski definition) is 5. The van der Waals surface area contributed by atoms with Crippen LogP contribution >= 0.6 is 0 Å². The first-order chi connectivity index (χ1) is 8.38. The fraction of sp³-hybridized carbons (Fsp3) is 0.818. The van der Waals surface area contributed by atoms with Crippen LogP contribution in [0.4, 0.5) is 0 Å². The molecule has 2 aliphatic heterocycles. The Morgan fingerprint density at radius 2 is 2.22 bits per heavy atom. The van der Waals surface area contributed by atoms with Crippen LogP contribution in [0.5, 0.6) is 0 Å². The first kappa shape index (κ1) is 13.3.